The Kier molecular flexibility index (Phi) is 2.33. The molecule has 4 rings (SSSR count). The van der Waals surface area contributed by atoms with E-state index >= 15 is 0 Å². The third-order valence-electron chi connectivity index (χ3n) is 3.82. The van der Waals surface area contributed by atoms with Gasteiger partial charge in [-0.15, -0.1) is 4.83 Å². The highest BCUT2D eigenvalue weighted by Crippen LogP contribution is 2.56. The Labute approximate surface area is 101 Å². The van der Waals surface area contributed by atoms with E-state index in [4.69, 9.17) is 0 Å². The molecule has 0 aliphatic heterocycles. The molecule has 2 N–H and O–H groups in total. The molecule has 92 valence electrons. The third-order valence-corrected chi connectivity index (χ3v) is 5.08. The van der Waals surface area contributed by atoms with Gasteiger partial charge in [0.2, 0.25) is 0 Å². The van der Waals surface area contributed by atoms with Crippen molar-refractivity contribution in [1.82, 2.24) is 10.3 Å². The first-order chi connectivity index (χ1) is 7.99. The summed E-state index contributed by atoms with van der Waals surface area (Å²) in [4.78, 5) is 2.80. The lowest BCUT2D eigenvalue weighted by Crippen LogP contribution is -2.70. The van der Waals surface area contributed by atoms with Crippen LogP contribution in [0, 0.1) is 12.8 Å². The van der Waals surface area contributed by atoms with Gasteiger partial charge in [-0.05, 0) is 44.2 Å². The molecular weight excluding hydrogens is 236 g/mol. The van der Waals surface area contributed by atoms with Crippen molar-refractivity contribution in [2.45, 2.75) is 36.6 Å². The minimum absolute atomic E-state index is 0.0580. The predicted octanol–water partition coefficient (Wildman–Crippen LogP) is 1.33. The first-order valence-electron chi connectivity index (χ1n) is 5.85. The predicted molar refractivity (Wildman–Crippen MR) is 64.7 cm³/mol. The van der Waals surface area contributed by atoms with Crippen LogP contribution >= 0.6 is 0 Å². The number of benzene rings is 1. The average Bonchev–Trinajstić information content (AvgIpc) is 2.13. The summed E-state index contributed by atoms with van der Waals surface area (Å²) >= 11 is 0. The van der Waals surface area contributed by atoms with Gasteiger partial charge in [0, 0.05) is 5.54 Å². The molecule has 3 aliphatic rings. The molecule has 1 aromatic carbocycles. The monoisotopic (exact) mass is 252 g/mol. The molecule has 5 heteroatoms. The number of aryl methyl sites for hydroxylation is 1. The van der Waals surface area contributed by atoms with Gasteiger partial charge in [-0.2, -0.15) is 0 Å². The lowest BCUT2D eigenvalue weighted by Gasteiger charge is -2.61. The molecule has 0 amide bonds. The molecule has 17 heavy (non-hydrogen) atoms. The molecule has 1 aromatic rings. The van der Waals surface area contributed by atoms with Gasteiger partial charge < -0.3 is 0 Å². The zero-order valence-electron chi connectivity index (χ0n) is 9.73. The van der Waals surface area contributed by atoms with E-state index < -0.39 is 10.0 Å². The van der Waals surface area contributed by atoms with E-state index in [9.17, 15) is 8.42 Å². The minimum atomic E-state index is -3.42. The molecule has 0 saturated heterocycles. The SMILES string of the molecule is Cc1ccc(S(=O)(=O)NNC23CC(C2)C3)cc1. The van der Waals surface area contributed by atoms with Gasteiger partial charge in [0.1, 0.15) is 0 Å². The topological polar surface area (TPSA) is 58.2 Å². The number of sulfonamides is 1. The molecule has 0 atom stereocenters. The zero-order chi connectivity index (χ0) is 12.1. The van der Waals surface area contributed by atoms with Crippen LogP contribution in [0.15, 0.2) is 29.2 Å². The quantitative estimate of drug-likeness (QED) is 0.795. The lowest BCUT2D eigenvalue weighted by molar-refractivity contribution is -0.0551. The standard InChI is InChI=1S/C12H16N2O2S/c1-9-2-4-11(5-3-9)17(15,16)14-13-12-6-10(7-12)8-12/h2-5,10,13-14H,6-8H2,1H3. The highest BCUT2D eigenvalue weighted by Gasteiger charge is 2.56. The maximum atomic E-state index is 12.0. The van der Waals surface area contributed by atoms with Crippen LogP contribution in [-0.2, 0) is 10.0 Å². The molecule has 0 unspecified atom stereocenters. The fourth-order valence-corrected chi connectivity index (χ4v) is 3.55. The van der Waals surface area contributed by atoms with Crippen LogP contribution in [0.25, 0.3) is 0 Å². The highest BCUT2D eigenvalue weighted by molar-refractivity contribution is 7.89. The minimum Gasteiger partial charge on any atom is -0.238 e. The van der Waals surface area contributed by atoms with E-state index in [0.717, 1.165) is 30.7 Å². The number of rotatable bonds is 4. The van der Waals surface area contributed by atoms with Crippen molar-refractivity contribution in [1.29, 1.82) is 0 Å². The molecule has 2 bridgehead atoms. The van der Waals surface area contributed by atoms with Crippen molar-refractivity contribution >= 4 is 10.0 Å². The second kappa shape index (κ2) is 3.54. The van der Waals surface area contributed by atoms with Crippen molar-refractivity contribution in [2.75, 3.05) is 0 Å². The number of hydrogen-bond acceptors (Lipinski definition) is 3. The summed E-state index contributed by atoms with van der Waals surface area (Å²) in [6, 6.07) is 6.86. The van der Waals surface area contributed by atoms with Crippen molar-refractivity contribution in [2.24, 2.45) is 5.92 Å². The first-order valence-corrected chi connectivity index (χ1v) is 7.33. The Morgan fingerprint density at radius 1 is 1.18 bits per heavy atom. The second-order valence-corrected chi connectivity index (χ2v) is 6.98. The van der Waals surface area contributed by atoms with Crippen molar-refractivity contribution in [3.63, 3.8) is 0 Å². The van der Waals surface area contributed by atoms with Gasteiger partial charge in [0.25, 0.3) is 10.0 Å². The Morgan fingerprint density at radius 2 is 1.76 bits per heavy atom. The smallest absolute Gasteiger partial charge is 0.238 e. The van der Waals surface area contributed by atoms with Crippen molar-refractivity contribution in [3.8, 4) is 0 Å². The van der Waals surface area contributed by atoms with Crippen molar-refractivity contribution < 1.29 is 8.42 Å². The normalized spacial score (nSPS) is 30.5. The van der Waals surface area contributed by atoms with Gasteiger partial charge in [0.15, 0.2) is 0 Å². The number of hydrogen-bond donors (Lipinski definition) is 2. The largest absolute Gasteiger partial charge is 0.253 e. The van der Waals surface area contributed by atoms with E-state index in [1.54, 1.807) is 24.3 Å². The molecule has 3 fully saturated rings. The van der Waals surface area contributed by atoms with Crippen LogP contribution in [0.2, 0.25) is 0 Å². The van der Waals surface area contributed by atoms with E-state index in [-0.39, 0.29) is 5.54 Å². The summed E-state index contributed by atoms with van der Waals surface area (Å²) in [5.41, 5.74) is 4.09. The summed E-state index contributed by atoms with van der Waals surface area (Å²) in [5, 5.41) is 0. The summed E-state index contributed by atoms with van der Waals surface area (Å²) in [7, 11) is -3.42. The summed E-state index contributed by atoms with van der Waals surface area (Å²) in [5.74, 6) is 0.825. The summed E-state index contributed by atoms with van der Waals surface area (Å²) in [6.07, 6.45) is 3.30. The molecule has 0 radical (unpaired) electrons. The number of nitrogens with one attached hydrogen (secondary N) is 2. The zero-order valence-corrected chi connectivity index (χ0v) is 10.5. The molecule has 4 nitrogen and oxygen atoms in total. The van der Waals surface area contributed by atoms with Gasteiger partial charge in [0.05, 0.1) is 4.90 Å². The van der Waals surface area contributed by atoms with E-state index in [0.29, 0.717) is 4.90 Å². The second-order valence-electron chi connectivity index (χ2n) is 5.30. The van der Waals surface area contributed by atoms with Crippen LogP contribution in [0.3, 0.4) is 0 Å². The molecule has 3 saturated carbocycles. The molecule has 0 heterocycles. The highest BCUT2D eigenvalue weighted by atomic mass is 32.2. The Morgan fingerprint density at radius 3 is 2.24 bits per heavy atom. The number of hydrazine groups is 1. The summed E-state index contributed by atoms with van der Waals surface area (Å²) in [6.45, 7) is 1.93. The molecule has 3 aliphatic carbocycles. The fourth-order valence-electron chi connectivity index (χ4n) is 2.58. The Balaban J connectivity index is 1.70. The van der Waals surface area contributed by atoms with E-state index in [2.05, 4.69) is 10.3 Å². The Hall–Kier alpha value is -0.910. The van der Waals surface area contributed by atoms with E-state index in [1.807, 2.05) is 6.92 Å². The fraction of sp³-hybridized carbons (Fsp3) is 0.500. The van der Waals surface area contributed by atoms with Gasteiger partial charge in [-0.1, -0.05) is 17.7 Å². The first kappa shape index (κ1) is 11.2. The van der Waals surface area contributed by atoms with Gasteiger partial charge >= 0.3 is 0 Å². The average molecular weight is 252 g/mol. The van der Waals surface area contributed by atoms with Gasteiger partial charge in [-0.25, -0.2) is 13.8 Å². The van der Waals surface area contributed by atoms with Crippen LogP contribution in [0.1, 0.15) is 24.8 Å². The van der Waals surface area contributed by atoms with E-state index in [1.165, 1.54) is 0 Å². The van der Waals surface area contributed by atoms with Gasteiger partial charge in [-0.3, -0.25) is 0 Å². The third kappa shape index (κ3) is 1.88. The van der Waals surface area contributed by atoms with Crippen LogP contribution < -0.4 is 10.3 Å². The van der Waals surface area contributed by atoms with Crippen LogP contribution in [-0.4, -0.2) is 14.0 Å². The summed E-state index contributed by atoms with van der Waals surface area (Å²) < 4.78 is 23.9. The lowest BCUT2D eigenvalue weighted by atomic mass is 9.50. The van der Waals surface area contributed by atoms with Crippen LogP contribution in [0.4, 0.5) is 0 Å². The van der Waals surface area contributed by atoms with Crippen molar-refractivity contribution in [3.05, 3.63) is 29.8 Å². The molecular formula is C12H16N2O2S. The molecule has 0 aromatic heterocycles. The maximum Gasteiger partial charge on any atom is 0.253 e. The Bertz CT molecular complexity index is 519. The maximum absolute atomic E-state index is 12.0. The van der Waals surface area contributed by atoms with Crippen LogP contribution in [0.5, 0.6) is 0 Å². The molecule has 0 spiro atoms.